The van der Waals surface area contributed by atoms with Crippen LogP contribution in [0.25, 0.3) is 0 Å². The maximum atomic E-state index is 13.0. The van der Waals surface area contributed by atoms with Gasteiger partial charge in [-0.1, -0.05) is 33.3 Å². The molecule has 0 radical (unpaired) electrons. The van der Waals surface area contributed by atoms with Crippen molar-refractivity contribution in [2.75, 3.05) is 19.7 Å². The summed E-state index contributed by atoms with van der Waals surface area (Å²) < 4.78 is 33.2. The van der Waals surface area contributed by atoms with Crippen molar-refractivity contribution in [3.05, 3.63) is 23.8 Å². The van der Waals surface area contributed by atoms with Crippen LogP contribution in [-0.2, 0) is 15.4 Å². The molecule has 0 N–H and O–H groups in total. The number of ether oxygens (including phenoxy) is 1. The summed E-state index contributed by atoms with van der Waals surface area (Å²) in [5, 5.41) is 0. The van der Waals surface area contributed by atoms with Crippen molar-refractivity contribution in [2.24, 2.45) is 0 Å². The standard InChI is InChI=1S/C17H27NO3S/c1-5-21-15-10-9-14(17(2,3)4)13-16(15)22(19,20)18-11-7-6-8-12-18/h9-10,13H,5-8,11-12H2,1-4H3. The van der Waals surface area contributed by atoms with E-state index in [1.165, 1.54) is 0 Å². The fourth-order valence-electron chi connectivity index (χ4n) is 2.70. The highest BCUT2D eigenvalue weighted by Gasteiger charge is 2.30. The van der Waals surface area contributed by atoms with Gasteiger partial charge in [0, 0.05) is 13.1 Å². The summed E-state index contributed by atoms with van der Waals surface area (Å²) in [6, 6.07) is 5.54. The molecule has 0 aromatic heterocycles. The summed E-state index contributed by atoms with van der Waals surface area (Å²) in [5.74, 6) is 0.459. The highest BCUT2D eigenvalue weighted by molar-refractivity contribution is 7.89. The van der Waals surface area contributed by atoms with E-state index in [4.69, 9.17) is 4.74 Å². The molecular weight excluding hydrogens is 298 g/mol. The smallest absolute Gasteiger partial charge is 0.246 e. The number of benzene rings is 1. The third-order valence-electron chi connectivity index (χ3n) is 4.04. The zero-order chi connectivity index (χ0) is 16.4. The first kappa shape index (κ1) is 17.3. The van der Waals surface area contributed by atoms with E-state index in [1.807, 2.05) is 13.0 Å². The van der Waals surface area contributed by atoms with Crippen LogP contribution < -0.4 is 4.74 Å². The minimum Gasteiger partial charge on any atom is -0.492 e. The van der Waals surface area contributed by atoms with Gasteiger partial charge >= 0.3 is 0 Å². The maximum Gasteiger partial charge on any atom is 0.246 e. The quantitative estimate of drug-likeness (QED) is 0.850. The molecule has 1 aromatic rings. The van der Waals surface area contributed by atoms with Crippen LogP contribution in [0.1, 0.15) is 52.5 Å². The van der Waals surface area contributed by atoms with Crippen LogP contribution >= 0.6 is 0 Å². The molecule has 1 fully saturated rings. The van der Waals surface area contributed by atoms with Crippen LogP contribution in [-0.4, -0.2) is 32.4 Å². The zero-order valence-electron chi connectivity index (χ0n) is 14.1. The molecule has 2 rings (SSSR count). The molecule has 1 aliphatic rings. The van der Waals surface area contributed by atoms with Crippen LogP contribution in [0, 0.1) is 0 Å². The summed E-state index contributed by atoms with van der Waals surface area (Å²) in [5.41, 5.74) is 0.906. The van der Waals surface area contributed by atoms with Crippen molar-refractivity contribution < 1.29 is 13.2 Å². The van der Waals surface area contributed by atoms with E-state index in [0.717, 1.165) is 24.8 Å². The van der Waals surface area contributed by atoms with Gasteiger partial charge in [0.2, 0.25) is 10.0 Å². The lowest BCUT2D eigenvalue weighted by Gasteiger charge is -2.28. The van der Waals surface area contributed by atoms with Gasteiger partial charge in [0.1, 0.15) is 10.6 Å². The Morgan fingerprint density at radius 2 is 1.77 bits per heavy atom. The van der Waals surface area contributed by atoms with E-state index in [2.05, 4.69) is 20.8 Å². The second-order valence-electron chi connectivity index (χ2n) is 6.81. The van der Waals surface area contributed by atoms with Crippen LogP contribution in [0.5, 0.6) is 5.75 Å². The molecule has 1 aromatic carbocycles. The number of hydrogen-bond donors (Lipinski definition) is 0. The lowest BCUT2D eigenvalue weighted by molar-refractivity contribution is 0.322. The van der Waals surface area contributed by atoms with Crippen LogP contribution in [0.2, 0.25) is 0 Å². The first-order valence-corrected chi connectivity index (χ1v) is 9.48. The van der Waals surface area contributed by atoms with Crippen molar-refractivity contribution in [1.29, 1.82) is 0 Å². The second-order valence-corrected chi connectivity index (χ2v) is 8.72. The number of piperidine rings is 1. The first-order valence-electron chi connectivity index (χ1n) is 8.04. The van der Waals surface area contributed by atoms with Crippen molar-refractivity contribution in [3.8, 4) is 5.75 Å². The predicted molar refractivity (Wildman–Crippen MR) is 88.9 cm³/mol. The second kappa shape index (κ2) is 6.59. The molecule has 0 amide bonds. The molecule has 0 atom stereocenters. The molecule has 5 heteroatoms. The van der Waals surface area contributed by atoms with Crippen LogP contribution in [0.4, 0.5) is 0 Å². The Morgan fingerprint density at radius 1 is 1.14 bits per heavy atom. The highest BCUT2D eigenvalue weighted by atomic mass is 32.2. The molecule has 1 aliphatic heterocycles. The molecule has 0 spiro atoms. The first-order chi connectivity index (χ1) is 10.3. The summed E-state index contributed by atoms with van der Waals surface area (Å²) in [7, 11) is -3.49. The molecule has 0 unspecified atom stereocenters. The fraction of sp³-hybridized carbons (Fsp3) is 0.647. The van der Waals surface area contributed by atoms with Gasteiger partial charge in [-0.25, -0.2) is 8.42 Å². The fourth-order valence-corrected chi connectivity index (χ4v) is 4.37. The molecule has 0 aliphatic carbocycles. The van der Waals surface area contributed by atoms with Gasteiger partial charge in [-0.05, 0) is 42.9 Å². The van der Waals surface area contributed by atoms with Crippen molar-refractivity contribution in [3.63, 3.8) is 0 Å². The average Bonchev–Trinajstić information content (AvgIpc) is 2.47. The Hall–Kier alpha value is -1.07. The van der Waals surface area contributed by atoms with Gasteiger partial charge < -0.3 is 4.74 Å². The van der Waals surface area contributed by atoms with Gasteiger partial charge in [-0.15, -0.1) is 0 Å². The van der Waals surface area contributed by atoms with E-state index >= 15 is 0 Å². The largest absolute Gasteiger partial charge is 0.492 e. The normalized spacial score (nSPS) is 17.5. The monoisotopic (exact) mass is 325 g/mol. The zero-order valence-corrected chi connectivity index (χ0v) is 14.9. The SMILES string of the molecule is CCOc1ccc(C(C)(C)C)cc1S(=O)(=O)N1CCCCC1. The van der Waals surface area contributed by atoms with E-state index in [1.54, 1.807) is 16.4 Å². The van der Waals surface area contributed by atoms with E-state index < -0.39 is 10.0 Å². The number of rotatable bonds is 4. The molecule has 22 heavy (non-hydrogen) atoms. The molecule has 1 heterocycles. The minimum atomic E-state index is -3.49. The molecule has 0 bridgehead atoms. The van der Waals surface area contributed by atoms with Crippen molar-refractivity contribution >= 4 is 10.0 Å². The van der Waals surface area contributed by atoms with Crippen LogP contribution in [0.3, 0.4) is 0 Å². The van der Waals surface area contributed by atoms with Gasteiger partial charge in [-0.3, -0.25) is 0 Å². The average molecular weight is 325 g/mol. The Kier molecular flexibility index (Phi) is 5.17. The number of sulfonamides is 1. The topological polar surface area (TPSA) is 46.6 Å². The lowest BCUT2D eigenvalue weighted by Crippen LogP contribution is -2.36. The minimum absolute atomic E-state index is 0.100. The number of nitrogens with zero attached hydrogens (tertiary/aromatic N) is 1. The van der Waals surface area contributed by atoms with E-state index in [9.17, 15) is 8.42 Å². The summed E-state index contributed by atoms with van der Waals surface area (Å²) in [4.78, 5) is 0.309. The van der Waals surface area contributed by atoms with Gasteiger partial charge in [0.15, 0.2) is 0 Å². The Bertz CT molecular complexity index is 611. The highest BCUT2D eigenvalue weighted by Crippen LogP contribution is 2.33. The Balaban J connectivity index is 2.49. The van der Waals surface area contributed by atoms with Gasteiger partial charge in [-0.2, -0.15) is 4.31 Å². The van der Waals surface area contributed by atoms with E-state index in [0.29, 0.717) is 30.3 Å². The van der Waals surface area contributed by atoms with Gasteiger partial charge in [0.05, 0.1) is 6.61 Å². The van der Waals surface area contributed by atoms with E-state index in [-0.39, 0.29) is 5.41 Å². The maximum absolute atomic E-state index is 13.0. The summed E-state index contributed by atoms with van der Waals surface area (Å²) in [6.07, 6.45) is 2.97. The predicted octanol–water partition coefficient (Wildman–Crippen LogP) is 3.56. The Labute approximate surface area is 134 Å². The van der Waals surface area contributed by atoms with Crippen molar-refractivity contribution in [2.45, 2.75) is 57.3 Å². The molecule has 1 saturated heterocycles. The van der Waals surface area contributed by atoms with Crippen LogP contribution in [0.15, 0.2) is 23.1 Å². The molecule has 4 nitrogen and oxygen atoms in total. The molecule has 0 saturated carbocycles. The van der Waals surface area contributed by atoms with Crippen molar-refractivity contribution in [1.82, 2.24) is 4.31 Å². The summed E-state index contributed by atoms with van der Waals surface area (Å²) in [6.45, 7) is 9.79. The third kappa shape index (κ3) is 3.63. The Morgan fingerprint density at radius 3 is 2.32 bits per heavy atom. The number of hydrogen-bond acceptors (Lipinski definition) is 3. The summed E-state index contributed by atoms with van der Waals surface area (Å²) >= 11 is 0. The lowest BCUT2D eigenvalue weighted by atomic mass is 9.87. The molecule has 124 valence electrons. The third-order valence-corrected chi connectivity index (χ3v) is 5.96. The van der Waals surface area contributed by atoms with Gasteiger partial charge in [0.25, 0.3) is 0 Å². The molecular formula is C17H27NO3S.